The fourth-order valence-electron chi connectivity index (χ4n) is 5.16. The maximum absolute atomic E-state index is 13.9. The molecule has 1 amide bonds. The molecule has 2 aliphatic heterocycles. The highest BCUT2D eigenvalue weighted by Crippen LogP contribution is 2.37. The Morgan fingerprint density at radius 3 is 2.49 bits per heavy atom. The second-order valence-corrected chi connectivity index (χ2v) is 10.9. The van der Waals surface area contributed by atoms with E-state index in [1.165, 1.54) is 10.5 Å². The summed E-state index contributed by atoms with van der Waals surface area (Å²) < 4.78 is 29.3. The van der Waals surface area contributed by atoms with Gasteiger partial charge in [0.05, 0.1) is 17.9 Å². The molecule has 7 nitrogen and oxygen atoms in total. The monoisotopic (exact) mass is 488 g/mol. The lowest BCUT2D eigenvalue weighted by Crippen LogP contribution is -2.54. The van der Waals surface area contributed by atoms with Crippen LogP contribution in [0.5, 0.6) is 0 Å². The number of benzene rings is 1. The Balaban J connectivity index is 1.49. The number of hydrogen-bond acceptors (Lipinski definition) is 5. The summed E-state index contributed by atoms with van der Waals surface area (Å²) in [7, 11) is -3.96. The highest BCUT2D eigenvalue weighted by Gasteiger charge is 2.49. The highest BCUT2D eigenvalue weighted by molar-refractivity contribution is 7.89. The topological polar surface area (TPSA) is 83.5 Å². The molecule has 0 radical (unpaired) electrons. The van der Waals surface area contributed by atoms with Gasteiger partial charge in [-0.05, 0) is 43.5 Å². The van der Waals surface area contributed by atoms with E-state index in [1.807, 2.05) is 48.5 Å². The Labute approximate surface area is 206 Å². The molecule has 3 atom stereocenters. The number of fused-ring (bicyclic) bond motifs is 2. The molecule has 5 rings (SSSR count). The normalized spacial score (nSPS) is 23.0. The van der Waals surface area contributed by atoms with Crippen molar-refractivity contribution >= 4 is 15.9 Å². The molecule has 1 unspecified atom stereocenters. The number of amides is 1. The number of aromatic nitrogens is 2. The van der Waals surface area contributed by atoms with Crippen molar-refractivity contribution in [2.24, 2.45) is 5.92 Å². The number of nitrogens with zero attached hydrogens (tertiary/aromatic N) is 4. The molecule has 2 bridgehead atoms. The Morgan fingerprint density at radius 1 is 1.00 bits per heavy atom. The second kappa shape index (κ2) is 9.71. The average Bonchev–Trinajstić information content (AvgIpc) is 2.97. The number of carbonyl (C=O) groups excluding carboxylic acids is 1. The molecule has 3 aromatic rings. The van der Waals surface area contributed by atoms with Crippen LogP contribution in [0, 0.1) is 5.92 Å². The van der Waals surface area contributed by atoms with Gasteiger partial charge in [-0.15, -0.1) is 6.58 Å². The predicted molar refractivity (Wildman–Crippen MR) is 133 cm³/mol. The maximum atomic E-state index is 13.9. The van der Waals surface area contributed by atoms with E-state index in [-0.39, 0.29) is 22.8 Å². The molecule has 8 heteroatoms. The lowest BCUT2D eigenvalue weighted by molar-refractivity contribution is -0.135. The van der Waals surface area contributed by atoms with Gasteiger partial charge in [0, 0.05) is 36.5 Å². The molecule has 180 valence electrons. The molecule has 4 heterocycles. The van der Waals surface area contributed by atoms with Crippen LogP contribution in [0.25, 0.3) is 11.3 Å². The van der Waals surface area contributed by atoms with Gasteiger partial charge in [-0.25, -0.2) is 8.42 Å². The zero-order valence-corrected chi connectivity index (χ0v) is 20.2. The minimum absolute atomic E-state index is 0.0999. The Kier molecular flexibility index (Phi) is 6.49. The molecular weight excluding hydrogens is 460 g/mol. The molecular formula is C27H28N4O3S. The summed E-state index contributed by atoms with van der Waals surface area (Å²) in [6.07, 6.45) is 6.86. The van der Waals surface area contributed by atoms with Crippen LogP contribution < -0.4 is 0 Å². The van der Waals surface area contributed by atoms with Gasteiger partial charge in [-0.3, -0.25) is 14.8 Å². The maximum Gasteiger partial charge on any atom is 0.245 e. The van der Waals surface area contributed by atoms with Crippen LogP contribution in [0.2, 0.25) is 0 Å². The van der Waals surface area contributed by atoms with Crippen molar-refractivity contribution in [3.8, 4) is 11.3 Å². The molecule has 0 aliphatic carbocycles. The SMILES string of the molecule is C=C[C@H]1CN(Cc2ccccn2)C(=O)C2CCC[C@@H]1N2S(=O)(=O)c1ccc(-c2ccccc2)nc1. The minimum Gasteiger partial charge on any atom is -0.335 e. The third-order valence-electron chi connectivity index (χ3n) is 6.90. The lowest BCUT2D eigenvalue weighted by Gasteiger charge is -2.40. The van der Waals surface area contributed by atoms with E-state index in [0.717, 1.165) is 17.7 Å². The van der Waals surface area contributed by atoms with E-state index < -0.39 is 16.1 Å². The molecule has 2 fully saturated rings. The summed E-state index contributed by atoms with van der Waals surface area (Å²) in [5, 5.41) is 0. The first-order chi connectivity index (χ1) is 17.0. The summed E-state index contributed by atoms with van der Waals surface area (Å²) in [5.74, 6) is -0.360. The van der Waals surface area contributed by atoms with Crippen molar-refractivity contribution < 1.29 is 13.2 Å². The quantitative estimate of drug-likeness (QED) is 0.492. The number of piperidine rings is 1. The van der Waals surface area contributed by atoms with Crippen molar-refractivity contribution in [3.05, 3.63) is 91.4 Å². The standard InChI is InChI=1S/C27H28N4O3S/c1-2-20-18-30(19-22-11-6-7-16-28-22)27(32)26-13-8-12-25(20)31(26)35(33,34)23-14-15-24(29-17-23)21-9-4-3-5-10-21/h2-7,9-11,14-17,20,25-26H,1,8,12-13,18-19H2/t20-,25-,26?/m0/s1. The summed E-state index contributed by atoms with van der Waals surface area (Å²) in [6.45, 7) is 4.74. The van der Waals surface area contributed by atoms with E-state index in [1.54, 1.807) is 29.3 Å². The third kappa shape index (κ3) is 4.51. The number of rotatable bonds is 6. The van der Waals surface area contributed by atoms with E-state index in [9.17, 15) is 13.2 Å². The minimum atomic E-state index is -3.96. The van der Waals surface area contributed by atoms with Crippen LogP contribution in [-0.4, -0.2) is 52.1 Å². The molecule has 0 saturated carbocycles. The molecule has 2 aliphatic rings. The lowest BCUT2D eigenvalue weighted by atomic mass is 9.90. The Morgan fingerprint density at radius 2 is 1.80 bits per heavy atom. The van der Waals surface area contributed by atoms with Crippen molar-refractivity contribution in [2.75, 3.05) is 6.54 Å². The number of sulfonamides is 1. The zero-order valence-electron chi connectivity index (χ0n) is 19.4. The smallest absolute Gasteiger partial charge is 0.245 e. The molecule has 0 N–H and O–H groups in total. The first kappa shape index (κ1) is 23.4. The highest BCUT2D eigenvalue weighted by atomic mass is 32.2. The molecule has 35 heavy (non-hydrogen) atoms. The van der Waals surface area contributed by atoms with Gasteiger partial charge in [0.25, 0.3) is 0 Å². The van der Waals surface area contributed by atoms with Crippen LogP contribution >= 0.6 is 0 Å². The van der Waals surface area contributed by atoms with Gasteiger partial charge in [-0.1, -0.05) is 42.5 Å². The molecule has 0 spiro atoms. The van der Waals surface area contributed by atoms with Gasteiger partial charge in [0.2, 0.25) is 15.9 Å². The summed E-state index contributed by atoms with van der Waals surface area (Å²) in [6, 6.07) is 17.4. The first-order valence-corrected chi connectivity index (χ1v) is 13.3. The zero-order chi connectivity index (χ0) is 24.4. The van der Waals surface area contributed by atoms with Gasteiger partial charge in [-0.2, -0.15) is 4.31 Å². The average molecular weight is 489 g/mol. The van der Waals surface area contributed by atoms with Gasteiger partial charge >= 0.3 is 0 Å². The number of carbonyl (C=O) groups is 1. The van der Waals surface area contributed by atoms with Gasteiger partial charge in [0.15, 0.2) is 0 Å². The van der Waals surface area contributed by atoms with E-state index in [0.29, 0.717) is 31.6 Å². The van der Waals surface area contributed by atoms with Crippen LogP contribution in [0.3, 0.4) is 0 Å². The third-order valence-corrected chi connectivity index (χ3v) is 8.81. The van der Waals surface area contributed by atoms with Gasteiger partial charge in [0.1, 0.15) is 10.9 Å². The van der Waals surface area contributed by atoms with Crippen molar-refractivity contribution in [1.82, 2.24) is 19.2 Å². The van der Waals surface area contributed by atoms with Crippen LogP contribution in [0.4, 0.5) is 0 Å². The first-order valence-electron chi connectivity index (χ1n) is 11.9. The number of hydrogen-bond donors (Lipinski definition) is 0. The predicted octanol–water partition coefficient (Wildman–Crippen LogP) is 3.90. The van der Waals surface area contributed by atoms with Crippen molar-refractivity contribution in [1.29, 1.82) is 0 Å². The van der Waals surface area contributed by atoms with Crippen LogP contribution in [-0.2, 0) is 21.4 Å². The Bertz CT molecular complexity index is 1300. The summed E-state index contributed by atoms with van der Waals surface area (Å²) >= 11 is 0. The summed E-state index contributed by atoms with van der Waals surface area (Å²) in [4.78, 5) is 24.3. The Hall–Kier alpha value is -3.36. The number of pyridine rings is 2. The van der Waals surface area contributed by atoms with Crippen molar-refractivity contribution in [3.63, 3.8) is 0 Å². The molecule has 1 aromatic carbocycles. The second-order valence-electron chi connectivity index (χ2n) is 9.03. The largest absolute Gasteiger partial charge is 0.335 e. The van der Waals surface area contributed by atoms with Crippen LogP contribution in [0.15, 0.2) is 90.6 Å². The molecule has 2 saturated heterocycles. The van der Waals surface area contributed by atoms with Crippen LogP contribution in [0.1, 0.15) is 25.0 Å². The fraction of sp³-hybridized carbons (Fsp3) is 0.296. The molecule has 2 aromatic heterocycles. The van der Waals surface area contributed by atoms with Gasteiger partial charge < -0.3 is 4.90 Å². The summed E-state index contributed by atoms with van der Waals surface area (Å²) in [5.41, 5.74) is 2.38. The van der Waals surface area contributed by atoms with E-state index in [4.69, 9.17) is 0 Å². The fourth-order valence-corrected chi connectivity index (χ4v) is 6.98. The van der Waals surface area contributed by atoms with Crippen molar-refractivity contribution in [2.45, 2.75) is 42.8 Å². The van der Waals surface area contributed by atoms with E-state index in [2.05, 4.69) is 16.5 Å². The van der Waals surface area contributed by atoms with E-state index >= 15 is 0 Å².